The lowest BCUT2D eigenvalue weighted by molar-refractivity contribution is -0.141. The molecule has 0 bridgehead atoms. The summed E-state index contributed by atoms with van der Waals surface area (Å²) in [6.07, 6.45) is 8.80. The summed E-state index contributed by atoms with van der Waals surface area (Å²) in [7, 11) is 0. The number of hydrogen-bond donors (Lipinski definition) is 0. The van der Waals surface area contributed by atoms with Crippen LogP contribution in [0.2, 0.25) is 0 Å². The van der Waals surface area contributed by atoms with E-state index in [1.54, 1.807) is 11.2 Å². The minimum absolute atomic E-state index is 0.0556. The van der Waals surface area contributed by atoms with Crippen LogP contribution < -0.4 is 0 Å². The second-order valence-corrected chi connectivity index (χ2v) is 6.14. The fourth-order valence-corrected chi connectivity index (χ4v) is 3.27. The first-order valence-electron chi connectivity index (χ1n) is 8.13. The Hall–Kier alpha value is -1.92. The molecule has 2 amide bonds. The summed E-state index contributed by atoms with van der Waals surface area (Å²) in [6, 6.07) is 0.194. The molecule has 0 spiro atoms. The Labute approximate surface area is 130 Å². The highest BCUT2D eigenvalue weighted by atomic mass is 16.2. The molecule has 0 saturated carbocycles. The molecule has 7 nitrogen and oxygen atoms in total. The van der Waals surface area contributed by atoms with Crippen molar-refractivity contribution in [3.63, 3.8) is 0 Å². The van der Waals surface area contributed by atoms with Gasteiger partial charge in [-0.2, -0.15) is 5.10 Å². The molecule has 1 atom stereocenters. The molecule has 0 aromatic carbocycles. The molecule has 7 heteroatoms. The number of amides is 2. The highest BCUT2D eigenvalue weighted by Gasteiger charge is 2.27. The summed E-state index contributed by atoms with van der Waals surface area (Å²) < 4.78 is 1.83. The van der Waals surface area contributed by atoms with Crippen LogP contribution in [0, 0.1) is 0 Å². The van der Waals surface area contributed by atoms with Crippen LogP contribution in [0.4, 0.5) is 0 Å². The third kappa shape index (κ3) is 3.45. The maximum atomic E-state index is 12.5. The largest absolute Gasteiger partial charge is 0.339 e. The second-order valence-electron chi connectivity index (χ2n) is 6.14. The van der Waals surface area contributed by atoms with Crippen LogP contribution in [0.25, 0.3) is 0 Å². The van der Waals surface area contributed by atoms with E-state index in [1.807, 2.05) is 9.58 Å². The zero-order chi connectivity index (χ0) is 15.4. The molecule has 0 N–H and O–H groups in total. The number of likely N-dealkylation sites (tertiary alicyclic amines) is 2. The third-order valence-electron chi connectivity index (χ3n) is 4.56. The standard InChI is InChI=1S/C15H23N5O2/c21-14-6-2-1-3-7-19(14)10-15(22)18-8-4-5-13(9-18)20-12-16-11-17-20/h11-13H,1-10H2/t13-/m1/s1. The van der Waals surface area contributed by atoms with Crippen LogP contribution in [0.1, 0.15) is 44.6 Å². The van der Waals surface area contributed by atoms with Crippen molar-refractivity contribution in [3.05, 3.63) is 12.7 Å². The molecule has 22 heavy (non-hydrogen) atoms. The Balaban J connectivity index is 1.58. The van der Waals surface area contributed by atoms with Gasteiger partial charge in [-0.3, -0.25) is 9.59 Å². The molecule has 0 unspecified atom stereocenters. The van der Waals surface area contributed by atoms with Crippen molar-refractivity contribution in [1.29, 1.82) is 0 Å². The normalized spacial score (nSPS) is 23.5. The van der Waals surface area contributed by atoms with Gasteiger partial charge in [0.25, 0.3) is 0 Å². The Morgan fingerprint density at radius 2 is 2.14 bits per heavy atom. The van der Waals surface area contributed by atoms with Crippen molar-refractivity contribution in [2.45, 2.75) is 44.6 Å². The van der Waals surface area contributed by atoms with Crippen LogP contribution in [-0.2, 0) is 9.59 Å². The van der Waals surface area contributed by atoms with Crippen LogP contribution in [0.3, 0.4) is 0 Å². The number of hydrogen-bond acceptors (Lipinski definition) is 4. The van der Waals surface area contributed by atoms with Crippen molar-refractivity contribution in [3.8, 4) is 0 Å². The fraction of sp³-hybridized carbons (Fsp3) is 0.733. The average Bonchev–Trinajstić information content (AvgIpc) is 3.00. The van der Waals surface area contributed by atoms with E-state index in [4.69, 9.17) is 0 Å². The topological polar surface area (TPSA) is 71.3 Å². The number of piperidine rings is 1. The van der Waals surface area contributed by atoms with Gasteiger partial charge in [-0.05, 0) is 25.7 Å². The first kappa shape index (κ1) is 15.0. The fourth-order valence-electron chi connectivity index (χ4n) is 3.27. The van der Waals surface area contributed by atoms with Gasteiger partial charge in [-0.15, -0.1) is 0 Å². The van der Waals surface area contributed by atoms with E-state index in [2.05, 4.69) is 10.1 Å². The van der Waals surface area contributed by atoms with E-state index < -0.39 is 0 Å². The van der Waals surface area contributed by atoms with Gasteiger partial charge in [0.1, 0.15) is 12.7 Å². The molecule has 1 aromatic rings. The zero-order valence-electron chi connectivity index (χ0n) is 12.9. The van der Waals surface area contributed by atoms with E-state index in [1.165, 1.54) is 6.33 Å². The Morgan fingerprint density at radius 3 is 2.95 bits per heavy atom. The maximum absolute atomic E-state index is 12.5. The van der Waals surface area contributed by atoms with Crippen molar-refractivity contribution in [1.82, 2.24) is 24.6 Å². The molecule has 0 aliphatic carbocycles. The van der Waals surface area contributed by atoms with Gasteiger partial charge in [0.15, 0.2) is 0 Å². The molecule has 2 saturated heterocycles. The lowest BCUT2D eigenvalue weighted by Crippen LogP contribution is -2.46. The molecule has 0 radical (unpaired) electrons. The second kappa shape index (κ2) is 6.89. The number of nitrogens with zero attached hydrogens (tertiary/aromatic N) is 5. The van der Waals surface area contributed by atoms with Crippen LogP contribution in [-0.4, -0.2) is 62.6 Å². The van der Waals surface area contributed by atoms with E-state index in [9.17, 15) is 9.59 Å². The number of aromatic nitrogens is 3. The molecular formula is C15H23N5O2. The molecule has 2 fully saturated rings. The van der Waals surface area contributed by atoms with E-state index in [-0.39, 0.29) is 24.4 Å². The number of carbonyl (C=O) groups excluding carboxylic acids is 2. The Bertz CT molecular complexity index is 516. The third-order valence-corrected chi connectivity index (χ3v) is 4.56. The van der Waals surface area contributed by atoms with E-state index in [0.29, 0.717) is 19.5 Å². The van der Waals surface area contributed by atoms with Gasteiger partial charge in [0.05, 0.1) is 12.6 Å². The summed E-state index contributed by atoms with van der Waals surface area (Å²) in [5, 5.41) is 4.18. The minimum atomic E-state index is 0.0556. The lowest BCUT2D eigenvalue weighted by atomic mass is 10.1. The SMILES string of the molecule is O=C1CCCCCN1CC(=O)N1CCC[C@@H](n2cncn2)C1. The molecule has 120 valence electrons. The van der Waals surface area contributed by atoms with Gasteiger partial charge in [0, 0.05) is 26.1 Å². The Kier molecular flexibility index (Phi) is 4.70. The smallest absolute Gasteiger partial charge is 0.242 e. The highest BCUT2D eigenvalue weighted by Crippen LogP contribution is 2.20. The molecule has 2 aliphatic heterocycles. The Morgan fingerprint density at radius 1 is 1.23 bits per heavy atom. The highest BCUT2D eigenvalue weighted by molar-refractivity contribution is 5.85. The lowest BCUT2D eigenvalue weighted by Gasteiger charge is -2.34. The van der Waals surface area contributed by atoms with Gasteiger partial charge in [0.2, 0.25) is 11.8 Å². The van der Waals surface area contributed by atoms with Crippen molar-refractivity contribution in [2.24, 2.45) is 0 Å². The van der Waals surface area contributed by atoms with Gasteiger partial charge in [-0.25, -0.2) is 9.67 Å². The maximum Gasteiger partial charge on any atom is 0.242 e. The first-order valence-corrected chi connectivity index (χ1v) is 8.13. The molecule has 1 aromatic heterocycles. The van der Waals surface area contributed by atoms with Gasteiger partial charge in [-0.1, -0.05) is 6.42 Å². The molecule has 3 heterocycles. The summed E-state index contributed by atoms with van der Waals surface area (Å²) in [4.78, 5) is 32.1. The number of rotatable bonds is 3. The van der Waals surface area contributed by atoms with E-state index >= 15 is 0 Å². The summed E-state index contributed by atoms with van der Waals surface area (Å²) >= 11 is 0. The predicted molar refractivity (Wildman–Crippen MR) is 79.9 cm³/mol. The quantitative estimate of drug-likeness (QED) is 0.830. The van der Waals surface area contributed by atoms with Crippen molar-refractivity contribution >= 4 is 11.8 Å². The van der Waals surface area contributed by atoms with Gasteiger partial charge >= 0.3 is 0 Å². The van der Waals surface area contributed by atoms with Crippen LogP contribution >= 0.6 is 0 Å². The monoisotopic (exact) mass is 305 g/mol. The van der Waals surface area contributed by atoms with Crippen LogP contribution in [0.15, 0.2) is 12.7 Å². The molecule has 2 aliphatic rings. The average molecular weight is 305 g/mol. The van der Waals surface area contributed by atoms with Gasteiger partial charge < -0.3 is 9.80 Å². The zero-order valence-corrected chi connectivity index (χ0v) is 12.9. The summed E-state index contributed by atoms with van der Waals surface area (Å²) in [5.74, 6) is 0.177. The molecular weight excluding hydrogens is 282 g/mol. The number of carbonyl (C=O) groups is 2. The minimum Gasteiger partial charge on any atom is -0.339 e. The van der Waals surface area contributed by atoms with E-state index in [0.717, 1.165) is 38.6 Å². The van der Waals surface area contributed by atoms with Crippen molar-refractivity contribution < 1.29 is 9.59 Å². The predicted octanol–water partition coefficient (Wildman–Crippen LogP) is 0.844. The summed E-state index contributed by atoms with van der Waals surface area (Å²) in [5.41, 5.74) is 0. The van der Waals surface area contributed by atoms with Crippen molar-refractivity contribution in [2.75, 3.05) is 26.2 Å². The van der Waals surface area contributed by atoms with Crippen LogP contribution in [0.5, 0.6) is 0 Å². The summed E-state index contributed by atoms with van der Waals surface area (Å²) in [6.45, 7) is 2.37. The first-order chi connectivity index (χ1) is 10.7. The molecule has 3 rings (SSSR count).